The van der Waals surface area contributed by atoms with E-state index in [2.05, 4.69) is 4.98 Å². The molecule has 3 aromatic rings. The highest BCUT2D eigenvalue weighted by Crippen LogP contribution is 2.28. The van der Waals surface area contributed by atoms with E-state index in [1.807, 2.05) is 5.38 Å². The van der Waals surface area contributed by atoms with Crippen molar-refractivity contribution >= 4 is 34.7 Å². The van der Waals surface area contributed by atoms with Gasteiger partial charge in [-0.25, -0.2) is 0 Å². The fourth-order valence-corrected chi connectivity index (χ4v) is 3.18. The molecular weight excluding hydrogens is 346 g/mol. The summed E-state index contributed by atoms with van der Waals surface area (Å²) in [5, 5.41) is 2.26. The van der Waals surface area contributed by atoms with Gasteiger partial charge in [0.15, 0.2) is 11.7 Å². The molecular formula is C18H12ClNO3S. The van der Waals surface area contributed by atoms with Gasteiger partial charge in [-0.3, -0.25) is 14.6 Å². The fourth-order valence-electron chi connectivity index (χ4n) is 2.19. The number of ketones is 1. The fraction of sp³-hybridized carbons (Fsp3) is 0.0556. The topological polar surface area (TPSA) is 56.3 Å². The SMILES string of the molecule is O=C(Oc1cccc(Cl)c1)C(C(=O)c1cccnc1)c1cccs1. The predicted octanol–water partition coefficient (Wildman–Crippen LogP) is 4.37. The minimum absolute atomic E-state index is 0.299. The number of hydrogen-bond acceptors (Lipinski definition) is 5. The van der Waals surface area contributed by atoms with Crippen LogP contribution in [0.5, 0.6) is 5.75 Å². The first kappa shape index (κ1) is 16.4. The zero-order valence-electron chi connectivity index (χ0n) is 12.4. The van der Waals surface area contributed by atoms with Crippen LogP contribution in [0.1, 0.15) is 21.2 Å². The van der Waals surface area contributed by atoms with Gasteiger partial charge in [0.05, 0.1) is 0 Å². The van der Waals surface area contributed by atoms with Crippen LogP contribution < -0.4 is 4.74 Å². The summed E-state index contributed by atoms with van der Waals surface area (Å²) in [6.45, 7) is 0. The van der Waals surface area contributed by atoms with Gasteiger partial charge in [0.25, 0.3) is 0 Å². The molecule has 0 saturated heterocycles. The molecule has 0 fully saturated rings. The third-order valence-electron chi connectivity index (χ3n) is 3.29. The van der Waals surface area contributed by atoms with Crippen molar-refractivity contribution in [3.8, 4) is 5.75 Å². The normalized spacial score (nSPS) is 11.7. The molecule has 0 spiro atoms. The maximum absolute atomic E-state index is 12.8. The average molecular weight is 358 g/mol. The van der Waals surface area contributed by atoms with Crippen molar-refractivity contribution in [3.05, 3.63) is 81.8 Å². The number of esters is 1. The number of carbonyl (C=O) groups is 2. The Morgan fingerprint density at radius 3 is 2.67 bits per heavy atom. The standard InChI is InChI=1S/C18H12ClNO3S/c19-13-5-1-6-14(10-13)23-18(22)16(15-7-3-9-24-15)17(21)12-4-2-8-20-11-12/h1-11,16H. The molecule has 0 aliphatic heterocycles. The number of halogens is 1. The van der Waals surface area contributed by atoms with E-state index in [1.54, 1.807) is 48.7 Å². The number of nitrogens with zero attached hydrogens (tertiary/aromatic N) is 1. The molecule has 0 radical (unpaired) electrons. The Hall–Kier alpha value is -2.50. The number of carbonyl (C=O) groups excluding carboxylic acids is 2. The lowest BCUT2D eigenvalue weighted by Crippen LogP contribution is -2.25. The van der Waals surface area contributed by atoms with Crippen LogP contribution in [-0.4, -0.2) is 16.7 Å². The molecule has 3 rings (SSSR count). The minimum Gasteiger partial charge on any atom is -0.426 e. The highest BCUT2D eigenvalue weighted by molar-refractivity contribution is 7.10. The monoisotopic (exact) mass is 357 g/mol. The number of rotatable bonds is 5. The summed E-state index contributed by atoms with van der Waals surface area (Å²) in [4.78, 5) is 30.0. The van der Waals surface area contributed by atoms with Gasteiger partial charge in [-0.2, -0.15) is 0 Å². The summed E-state index contributed by atoms with van der Waals surface area (Å²) < 4.78 is 5.37. The Morgan fingerprint density at radius 1 is 1.12 bits per heavy atom. The number of pyridine rings is 1. The third-order valence-corrected chi connectivity index (χ3v) is 4.46. The zero-order valence-corrected chi connectivity index (χ0v) is 14.0. The lowest BCUT2D eigenvalue weighted by atomic mass is 9.97. The number of thiophene rings is 1. The summed E-state index contributed by atoms with van der Waals surface area (Å²) in [6, 6.07) is 13.3. The molecule has 0 amide bonds. The molecule has 2 aromatic heterocycles. The third kappa shape index (κ3) is 3.69. The number of hydrogen-bond donors (Lipinski definition) is 0. The van der Waals surface area contributed by atoms with Gasteiger partial charge in [0.2, 0.25) is 0 Å². The lowest BCUT2D eigenvalue weighted by Gasteiger charge is -2.13. The van der Waals surface area contributed by atoms with Crippen molar-refractivity contribution in [1.82, 2.24) is 4.98 Å². The van der Waals surface area contributed by atoms with Crippen molar-refractivity contribution in [1.29, 1.82) is 0 Å². The Morgan fingerprint density at radius 2 is 2.00 bits per heavy atom. The molecule has 1 aromatic carbocycles. The van der Waals surface area contributed by atoms with E-state index in [-0.39, 0.29) is 5.78 Å². The summed E-state index contributed by atoms with van der Waals surface area (Å²) in [5.41, 5.74) is 0.360. The highest BCUT2D eigenvalue weighted by Gasteiger charge is 2.32. The quantitative estimate of drug-likeness (QED) is 0.294. The van der Waals surface area contributed by atoms with Crippen LogP contribution in [0.15, 0.2) is 66.3 Å². The van der Waals surface area contributed by atoms with Crippen molar-refractivity contribution in [2.24, 2.45) is 0 Å². The number of ether oxygens (including phenoxy) is 1. The van der Waals surface area contributed by atoms with Crippen molar-refractivity contribution in [3.63, 3.8) is 0 Å². The first-order chi connectivity index (χ1) is 11.6. The van der Waals surface area contributed by atoms with E-state index in [9.17, 15) is 9.59 Å². The second kappa shape index (κ2) is 7.38. The Labute approximate surface area is 147 Å². The van der Waals surface area contributed by atoms with Gasteiger partial charge < -0.3 is 4.74 Å². The summed E-state index contributed by atoms with van der Waals surface area (Å²) in [6.07, 6.45) is 3.01. The predicted molar refractivity (Wildman–Crippen MR) is 92.7 cm³/mol. The number of Topliss-reactive ketones (excluding diaryl/α,β-unsaturated/α-hetero) is 1. The van der Waals surface area contributed by atoms with Gasteiger partial charge in [-0.1, -0.05) is 23.7 Å². The minimum atomic E-state index is -1.03. The van der Waals surface area contributed by atoms with Crippen LogP contribution in [0.3, 0.4) is 0 Å². The number of benzene rings is 1. The van der Waals surface area contributed by atoms with Crippen LogP contribution in [-0.2, 0) is 4.79 Å². The lowest BCUT2D eigenvalue weighted by molar-refractivity contribution is -0.134. The molecule has 24 heavy (non-hydrogen) atoms. The van der Waals surface area contributed by atoms with Gasteiger partial charge in [0, 0.05) is 27.9 Å². The molecule has 0 N–H and O–H groups in total. The Balaban J connectivity index is 1.91. The largest absolute Gasteiger partial charge is 0.426 e. The molecule has 0 bridgehead atoms. The van der Waals surface area contributed by atoms with Crippen LogP contribution in [0.4, 0.5) is 0 Å². The van der Waals surface area contributed by atoms with E-state index in [1.165, 1.54) is 23.6 Å². The molecule has 1 unspecified atom stereocenters. The number of aromatic nitrogens is 1. The molecule has 120 valence electrons. The van der Waals surface area contributed by atoms with Gasteiger partial charge in [0.1, 0.15) is 5.75 Å². The van der Waals surface area contributed by atoms with E-state index in [0.717, 1.165) is 0 Å². The van der Waals surface area contributed by atoms with Crippen LogP contribution in [0.2, 0.25) is 5.02 Å². The van der Waals surface area contributed by atoms with Crippen LogP contribution in [0.25, 0.3) is 0 Å². The maximum atomic E-state index is 12.8. The van der Waals surface area contributed by atoms with Gasteiger partial charge in [-0.05, 0) is 41.8 Å². The van der Waals surface area contributed by atoms with Crippen molar-refractivity contribution in [2.45, 2.75) is 5.92 Å². The summed E-state index contributed by atoms with van der Waals surface area (Å²) >= 11 is 7.23. The zero-order chi connectivity index (χ0) is 16.9. The van der Waals surface area contributed by atoms with Crippen LogP contribution in [0, 0.1) is 0 Å². The first-order valence-corrected chi connectivity index (χ1v) is 8.36. The highest BCUT2D eigenvalue weighted by atomic mass is 35.5. The Bertz CT molecular complexity index is 850. The van der Waals surface area contributed by atoms with E-state index in [4.69, 9.17) is 16.3 Å². The van der Waals surface area contributed by atoms with E-state index >= 15 is 0 Å². The molecule has 1 atom stereocenters. The van der Waals surface area contributed by atoms with Gasteiger partial charge in [-0.15, -0.1) is 11.3 Å². The molecule has 2 heterocycles. The molecule has 6 heteroatoms. The molecule has 0 aliphatic carbocycles. The molecule has 0 aliphatic rings. The summed E-state index contributed by atoms with van der Waals surface area (Å²) in [7, 11) is 0. The Kier molecular flexibility index (Phi) is 5.03. The smallest absolute Gasteiger partial charge is 0.327 e. The average Bonchev–Trinajstić information content (AvgIpc) is 3.10. The first-order valence-electron chi connectivity index (χ1n) is 7.10. The van der Waals surface area contributed by atoms with Crippen molar-refractivity contribution in [2.75, 3.05) is 0 Å². The van der Waals surface area contributed by atoms with Gasteiger partial charge >= 0.3 is 5.97 Å². The second-order valence-corrected chi connectivity index (χ2v) is 6.35. The molecule has 0 saturated carbocycles. The van der Waals surface area contributed by atoms with E-state index < -0.39 is 11.9 Å². The molecule has 4 nitrogen and oxygen atoms in total. The second-order valence-electron chi connectivity index (χ2n) is 4.93. The van der Waals surface area contributed by atoms with Crippen LogP contribution >= 0.6 is 22.9 Å². The summed E-state index contributed by atoms with van der Waals surface area (Å²) in [5.74, 6) is -1.73. The van der Waals surface area contributed by atoms with E-state index in [0.29, 0.717) is 21.2 Å². The maximum Gasteiger partial charge on any atom is 0.327 e. The van der Waals surface area contributed by atoms with Crippen molar-refractivity contribution < 1.29 is 14.3 Å².